The van der Waals surface area contributed by atoms with Crippen molar-refractivity contribution in [3.05, 3.63) is 120 Å². The lowest BCUT2D eigenvalue weighted by Gasteiger charge is -2.19. The van der Waals surface area contributed by atoms with Crippen LogP contribution in [0.5, 0.6) is 0 Å². The number of carbonyl (C=O) groups is 3. The Balaban J connectivity index is 1.06. The Labute approximate surface area is 260 Å². The first-order valence-electron chi connectivity index (χ1n) is 15.0. The molecule has 4 aromatic carbocycles. The van der Waals surface area contributed by atoms with Crippen LogP contribution >= 0.6 is 0 Å². The molecule has 1 aromatic heterocycles. The zero-order valence-corrected chi connectivity index (χ0v) is 24.6. The summed E-state index contributed by atoms with van der Waals surface area (Å²) in [5, 5.41) is 13.6. The molecule has 10 nitrogen and oxygen atoms in total. The molecule has 0 aliphatic heterocycles. The van der Waals surface area contributed by atoms with Gasteiger partial charge in [0.05, 0.1) is 5.52 Å². The van der Waals surface area contributed by atoms with Crippen molar-refractivity contribution in [1.82, 2.24) is 25.6 Å². The fourth-order valence-corrected chi connectivity index (χ4v) is 5.66. The lowest BCUT2D eigenvalue weighted by Crippen LogP contribution is -2.44. The van der Waals surface area contributed by atoms with Crippen LogP contribution < -0.4 is 10.6 Å². The van der Waals surface area contributed by atoms with Gasteiger partial charge in [0, 0.05) is 12.5 Å². The topological polar surface area (TPSA) is 124 Å². The second-order valence-corrected chi connectivity index (χ2v) is 10.8. The first kappa shape index (κ1) is 29.6. The Kier molecular flexibility index (Phi) is 9.10. The highest BCUT2D eigenvalue weighted by molar-refractivity contribution is 5.93. The fraction of sp³-hybridized carbons (Fsp3) is 0.229. The molecular formula is C35H33N5O5. The van der Waals surface area contributed by atoms with Crippen LogP contribution in [0.2, 0.25) is 0 Å². The van der Waals surface area contributed by atoms with Gasteiger partial charge in [0.25, 0.3) is 5.91 Å². The highest BCUT2D eigenvalue weighted by Gasteiger charge is 2.30. The number of ether oxygens (including phenoxy) is 2. The average Bonchev–Trinajstić information content (AvgIpc) is 3.65. The molecular weight excluding hydrogens is 570 g/mol. The van der Waals surface area contributed by atoms with Gasteiger partial charge in [-0.3, -0.25) is 4.79 Å². The summed E-state index contributed by atoms with van der Waals surface area (Å²) in [5.74, 6) is -0.531. The summed E-state index contributed by atoms with van der Waals surface area (Å²) in [4.78, 5) is 38.9. The van der Waals surface area contributed by atoms with Crippen LogP contribution in [0.4, 0.5) is 9.59 Å². The number of nitrogens with one attached hydrogen (secondary N) is 2. The van der Waals surface area contributed by atoms with Crippen LogP contribution in [0.1, 0.15) is 46.7 Å². The van der Waals surface area contributed by atoms with Crippen molar-refractivity contribution in [1.29, 1.82) is 0 Å². The van der Waals surface area contributed by atoms with Crippen LogP contribution in [-0.4, -0.2) is 52.3 Å². The number of alkyl carbamates (subject to hydrolysis) is 2. The standard InChI is InChI=1S/C35H33N5O5/c41-33(40-32-20-9-8-18-30(32)38-39-40)31(19-10-11-21-36-34(42)44-22-24-12-2-1-3-13-24)37-35(43)45-23-29-27-16-6-4-14-25(27)26-15-5-7-17-28(26)29/h1-9,12-18,20,29,31H,10-11,19,21-23H2,(H,36,42)(H,37,43)/t31-/m0/s1. The van der Waals surface area contributed by atoms with E-state index >= 15 is 0 Å². The Bertz CT molecular complexity index is 1760. The highest BCUT2D eigenvalue weighted by atomic mass is 16.6. The summed E-state index contributed by atoms with van der Waals surface area (Å²) >= 11 is 0. The smallest absolute Gasteiger partial charge is 0.407 e. The van der Waals surface area contributed by atoms with Crippen molar-refractivity contribution in [2.45, 2.75) is 37.8 Å². The van der Waals surface area contributed by atoms with Gasteiger partial charge in [-0.15, -0.1) is 5.10 Å². The quantitative estimate of drug-likeness (QED) is 0.176. The van der Waals surface area contributed by atoms with Gasteiger partial charge in [-0.25, -0.2) is 9.59 Å². The van der Waals surface area contributed by atoms with E-state index in [-0.39, 0.29) is 19.1 Å². The Hall–Kier alpha value is -5.51. The zero-order valence-electron chi connectivity index (χ0n) is 24.6. The van der Waals surface area contributed by atoms with Crippen molar-refractivity contribution in [2.24, 2.45) is 0 Å². The second kappa shape index (κ2) is 13.9. The maximum atomic E-state index is 13.6. The third-order valence-corrected chi connectivity index (χ3v) is 7.90. The van der Waals surface area contributed by atoms with Gasteiger partial charge in [-0.05, 0) is 59.2 Å². The molecule has 1 atom stereocenters. The normalized spacial score (nSPS) is 12.6. The fourth-order valence-electron chi connectivity index (χ4n) is 5.66. The summed E-state index contributed by atoms with van der Waals surface area (Å²) in [7, 11) is 0. The predicted octanol–water partition coefficient (Wildman–Crippen LogP) is 6.08. The minimum atomic E-state index is -0.921. The van der Waals surface area contributed by atoms with Crippen LogP contribution in [0.25, 0.3) is 22.2 Å². The monoisotopic (exact) mass is 603 g/mol. The first-order chi connectivity index (χ1) is 22.1. The highest BCUT2D eigenvalue weighted by Crippen LogP contribution is 2.44. The van der Waals surface area contributed by atoms with Crippen molar-refractivity contribution in [3.63, 3.8) is 0 Å². The van der Waals surface area contributed by atoms with Crippen molar-refractivity contribution in [2.75, 3.05) is 13.2 Å². The number of benzene rings is 4. The lowest BCUT2D eigenvalue weighted by molar-refractivity contribution is 0.0818. The molecule has 0 radical (unpaired) electrons. The Morgan fingerprint density at radius 3 is 2.18 bits per heavy atom. The lowest BCUT2D eigenvalue weighted by atomic mass is 9.98. The van der Waals surface area contributed by atoms with E-state index in [4.69, 9.17) is 9.47 Å². The van der Waals surface area contributed by atoms with Gasteiger partial charge in [-0.1, -0.05) is 96.2 Å². The van der Waals surface area contributed by atoms with Gasteiger partial charge in [0.1, 0.15) is 24.8 Å². The average molecular weight is 604 g/mol. The van der Waals surface area contributed by atoms with E-state index in [2.05, 4.69) is 45.2 Å². The molecule has 0 spiro atoms. The number of hydrogen-bond donors (Lipinski definition) is 2. The maximum absolute atomic E-state index is 13.6. The summed E-state index contributed by atoms with van der Waals surface area (Å²) in [6, 6.07) is 31.8. The second-order valence-electron chi connectivity index (χ2n) is 10.8. The van der Waals surface area contributed by atoms with Crippen LogP contribution in [-0.2, 0) is 16.1 Å². The molecule has 0 unspecified atom stereocenters. The summed E-state index contributed by atoms with van der Waals surface area (Å²) in [6.07, 6.45) is 0.192. The SMILES string of the molecule is O=C(NCCCC[C@H](NC(=O)OCC1c2ccccc2-c2ccccc21)C(=O)n1nnc2ccccc21)OCc1ccccc1. The Morgan fingerprint density at radius 1 is 0.756 bits per heavy atom. The number of rotatable bonds is 11. The number of carbonyl (C=O) groups excluding carboxylic acids is 3. The number of para-hydroxylation sites is 1. The molecule has 0 fully saturated rings. The number of fused-ring (bicyclic) bond motifs is 4. The van der Waals surface area contributed by atoms with Crippen LogP contribution in [0.15, 0.2) is 103 Å². The van der Waals surface area contributed by atoms with E-state index in [0.717, 1.165) is 27.8 Å². The molecule has 5 aromatic rings. The summed E-state index contributed by atoms with van der Waals surface area (Å²) < 4.78 is 12.2. The minimum Gasteiger partial charge on any atom is -0.449 e. The van der Waals surface area contributed by atoms with E-state index in [1.165, 1.54) is 4.68 Å². The molecule has 228 valence electrons. The number of amides is 2. The van der Waals surface area contributed by atoms with Gasteiger partial charge in [0.15, 0.2) is 0 Å². The molecule has 0 bridgehead atoms. The largest absolute Gasteiger partial charge is 0.449 e. The van der Waals surface area contributed by atoms with E-state index in [1.54, 1.807) is 18.2 Å². The van der Waals surface area contributed by atoms with E-state index in [9.17, 15) is 14.4 Å². The van der Waals surface area contributed by atoms with Crippen LogP contribution in [0, 0.1) is 0 Å². The third-order valence-electron chi connectivity index (χ3n) is 7.90. The van der Waals surface area contributed by atoms with Gasteiger partial charge < -0.3 is 20.1 Å². The molecule has 6 rings (SSSR count). The van der Waals surface area contributed by atoms with E-state index in [1.807, 2.05) is 60.7 Å². The number of aromatic nitrogens is 3. The summed E-state index contributed by atoms with van der Waals surface area (Å²) in [6.45, 7) is 0.660. The zero-order chi connectivity index (χ0) is 31.0. The Morgan fingerprint density at radius 2 is 1.42 bits per heavy atom. The molecule has 45 heavy (non-hydrogen) atoms. The van der Waals surface area contributed by atoms with Gasteiger partial charge in [-0.2, -0.15) is 4.68 Å². The van der Waals surface area contributed by atoms with Gasteiger partial charge >= 0.3 is 12.2 Å². The van der Waals surface area contributed by atoms with Crippen molar-refractivity contribution < 1.29 is 23.9 Å². The number of nitrogens with zero attached hydrogens (tertiary/aromatic N) is 3. The third kappa shape index (κ3) is 6.85. The molecule has 1 aliphatic carbocycles. The van der Waals surface area contributed by atoms with Crippen LogP contribution in [0.3, 0.4) is 0 Å². The minimum absolute atomic E-state index is 0.107. The molecule has 10 heteroatoms. The van der Waals surface area contributed by atoms with Gasteiger partial charge in [0.2, 0.25) is 0 Å². The maximum Gasteiger partial charge on any atom is 0.407 e. The number of hydrogen-bond acceptors (Lipinski definition) is 7. The summed E-state index contributed by atoms with van der Waals surface area (Å²) in [5.41, 5.74) is 6.48. The number of unbranched alkanes of at least 4 members (excludes halogenated alkanes) is 1. The molecule has 1 aliphatic rings. The molecule has 0 saturated heterocycles. The van der Waals surface area contributed by atoms with E-state index in [0.29, 0.717) is 36.8 Å². The predicted molar refractivity (Wildman–Crippen MR) is 169 cm³/mol. The van der Waals surface area contributed by atoms with Crippen molar-refractivity contribution in [3.8, 4) is 11.1 Å². The molecule has 0 saturated carbocycles. The van der Waals surface area contributed by atoms with E-state index < -0.39 is 24.1 Å². The molecule has 1 heterocycles. The molecule has 2 amide bonds. The van der Waals surface area contributed by atoms with Crippen molar-refractivity contribution >= 4 is 29.1 Å². The first-order valence-corrected chi connectivity index (χ1v) is 15.0. The molecule has 2 N–H and O–H groups in total.